The van der Waals surface area contributed by atoms with Crippen molar-refractivity contribution >= 4 is 11.8 Å². The van der Waals surface area contributed by atoms with Crippen LogP contribution in [0.1, 0.15) is 51.5 Å². The summed E-state index contributed by atoms with van der Waals surface area (Å²) in [5, 5.41) is 0. The van der Waals surface area contributed by atoms with E-state index in [9.17, 15) is 9.59 Å². The van der Waals surface area contributed by atoms with Crippen LogP contribution in [-0.4, -0.2) is 16.7 Å². The number of imide groups is 1. The second-order valence-corrected chi connectivity index (χ2v) is 6.13. The minimum Gasteiger partial charge on any atom is -0.278 e. The van der Waals surface area contributed by atoms with Crippen LogP contribution in [0.3, 0.4) is 0 Å². The van der Waals surface area contributed by atoms with Gasteiger partial charge in [-0.2, -0.15) is 0 Å². The summed E-state index contributed by atoms with van der Waals surface area (Å²) in [5.74, 6) is -0.0487. The van der Waals surface area contributed by atoms with E-state index in [2.05, 4.69) is 13.8 Å². The molecule has 1 heterocycles. The van der Waals surface area contributed by atoms with Crippen molar-refractivity contribution in [2.75, 3.05) is 0 Å². The molecule has 1 aliphatic rings. The van der Waals surface area contributed by atoms with E-state index >= 15 is 0 Å². The van der Waals surface area contributed by atoms with Crippen LogP contribution < -0.4 is 0 Å². The van der Waals surface area contributed by atoms with Crippen LogP contribution in [0.25, 0.3) is 0 Å². The first-order chi connectivity index (χ1) is 9.54. The minimum absolute atomic E-state index is 0.0243. The number of hydrogen-bond donors (Lipinski definition) is 0. The molecule has 1 fully saturated rings. The molecule has 0 radical (unpaired) electrons. The van der Waals surface area contributed by atoms with E-state index in [4.69, 9.17) is 0 Å². The van der Waals surface area contributed by atoms with Crippen molar-refractivity contribution in [1.82, 2.24) is 4.90 Å². The van der Waals surface area contributed by atoms with Crippen molar-refractivity contribution in [3.8, 4) is 0 Å². The Kier molecular flexibility index (Phi) is 4.58. The van der Waals surface area contributed by atoms with Gasteiger partial charge in [0.25, 0.3) is 0 Å². The van der Waals surface area contributed by atoms with Gasteiger partial charge in [0.15, 0.2) is 0 Å². The van der Waals surface area contributed by atoms with E-state index < -0.39 is 0 Å². The normalized spacial score (nSPS) is 18.4. The molecule has 0 aromatic heterocycles. The van der Waals surface area contributed by atoms with Crippen molar-refractivity contribution in [3.63, 3.8) is 0 Å². The number of benzene rings is 1. The first kappa shape index (κ1) is 14.8. The molecule has 0 unspecified atom stereocenters. The molecule has 1 saturated heterocycles. The number of nitrogens with zero attached hydrogens (tertiary/aromatic N) is 1. The Morgan fingerprint density at radius 1 is 1.10 bits per heavy atom. The quantitative estimate of drug-likeness (QED) is 0.770. The van der Waals surface area contributed by atoms with Crippen molar-refractivity contribution < 1.29 is 9.59 Å². The second-order valence-electron chi connectivity index (χ2n) is 6.13. The summed E-state index contributed by atoms with van der Waals surface area (Å²) in [6.07, 6.45) is 4.12. The van der Waals surface area contributed by atoms with E-state index in [0.29, 0.717) is 19.4 Å². The Morgan fingerprint density at radius 3 is 2.25 bits per heavy atom. The van der Waals surface area contributed by atoms with E-state index in [1.54, 1.807) is 0 Å². The SMILES string of the molecule is CCCCC1(C)CC(=O)N(Cc2ccccc2)C(=O)C1. The molecule has 108 valence electrons. The highest BCUT2D eigenvalue weighted by atomic mass is 16.2. The molecule has 2 rings (SSSR count). The smallest absolute Gasteiger partial charge is 0.230 e. The maximum atomic E-state index is 12.3. The fraction of sp³-hybridized carbons (Fsp3) is 0.529. The van der Waals surface area contributed by atoms with Gasteiger partial charge in [-0.05, 0) is 17.4 Å². The molecule has 1 aromatic carbocycles. The first-order valence-corrected chi connectivity index (χ1v) is 7.41. The van der Waals surface area contributed by atoms with Gasteiger partial charge in [0.2, 0.25) is 11.8 Å². The number of likely N-dealkylation sites (tertiary alicyclic amines) is 1. The molecule has 0 saturated carbocycles. The maximum Gasteiger partial charge on any atom is 0.230 e. The number of carbonyl (C=O) groups is 2. The van der Waals surface area contributed by atoms with Gasteiger partial charge in [0.1, 0.15) is 0 Å². The predicted octanol–water partition coefficient (Wildman–Crippen LogP) is 3.53. The number of hydrogen-bond acceptors (Lipinski definition) is 2. The van der Waals surface area contributed by atoms with Crippen molar-refractivity contribution in [1.29, 1.82) is 0 Å². The number of piperidine rings is 1. The van der Waals surface area contributed by atoms with E-state index in [1.165, 1.54) is 4.90 Å². The zero-order valence-electron chi connectivity index (χ0n) is 12.4. The molecule has 20 heavy (non-hydrogen) atoms. The van der Waals surface area contributed by atoms with E-state index in [0.717, 1.165) is 24.8 Å². The summed E-state index contributed by atoms with van der Waals surface area (Å²) >= 11 is 0. The summed E-state index contributed by atoms with van der Waals surface area (Å²) < 4.78 is 0. The molecule has 0 N–H and O–H groups in total. The molecular formula is C17H23NO2. The van der Waals surface area contributed by atoms with E-state index in [-0.39, 0.29) is 17.2 Å². The molecule has 1 aliphatic heterocycles. The van der Waals surface area contributed by atoms with Gasteiger partial charge < -0.3 is 0 Å². The Balaban J connectivity index is 2.04. The molecule has 0 aliphatic carbocycles. The largest absolute Gasteiger partial charge is 0.278 e. The summed E-state index contributed by atoms with van der Waals surface area (Å²) in [6, 6.07) is 9.70. The lowest BCUT2D eigenvalue weighted by Gasteiger charge is -2.37. The number of carbonyl (C=O) groups excluding carboxylic acids is 2. The van der Waals surface area contributed by atoms with Crippen LogP contribution >= 0.6 is 0 Å². The van der Waals surface area contributed by atoms with Gasteiger partial charge in [-0.1, -0.05) is 57.0 Å². The zero-order valence-corrected chi connectivity index (χ0v) is 12.4. The Morgan fingerprint density at radius 2 is 1.70 bits per heavy atom. The van der Waals surface area contributed by atoms with Crippen molar-refractivity contribution in [2.24, 2.45) is 5.41 Å². The van der Waals surface area contributed by atoms with Crippen LogP contribution in [0.15, 0.2) is 30.3 Å². The monoisotopic (exact) mass is 273 g/mol. The van der Waals surface area contributed by atoms with Crippen molar-refractivity contribution in [2.45, 2.75) is 52.5 Å². The standard InChI is InChI=1S/C17H23NO2/c1-3-4-10-17(2)11-15(19)18(16(20)12-17)13-14-8-6-5-7-9-14/h5-9H,3-4,10-13H2,1-2H3. The first-order valence-electron chi connectivity index (χ1n) is 7.41. The molecule has 0 spiro atoms. The predicted molar refractivity (Wildman–Crippen MR) is 78.9 cm³/mol. The summed E-state index contributed by atoms with van der Waals surface area (Å²) in [5.41, 5.74) is 0.864. The molecule has 0 atom stereocenters. The Hall–Kier alpha value is -1.64. The Bertz CT molecular complexity index is 463. The lowest BCUT2D eigenvalue weighted by Crippen LogP contribution is -2.46. The Labute approximate surface area is 121 Å². The maximum absolute atomic E-state index is 12.3. The summed E-state index contributed by atoms with van der Waals surface area (Å²) in [7, 11) is 0. The van der Waals surface area contributed by atoms with Gasteiger partial charge in [-0.3, -0.25) is 14.5 Å². The third kappa shape index (κ3) is 3.47. The fourth-order valence-corrected chi connectivity index (χ4v) is 2.85. The van der Waals surface area contributed by atoms with Gasteiger partial charge in [0, 0.05) is 12.8 Å². The number of amides is 2. The highest BCUT2D eigenvalue weighted by molar-refractivity contribution is 5.98. The average molecular weight is 273 g/mol. The molecule has 0 bridgehead atoms. The lowest BCUT2D eigenvalue weighted by molar-refractivity contribution is -0.154. The summed E-state index contributed by atoms with van der Waals surface area (Å²) in [4.78, 5) is 26.0. The third-order valence-electron chi connectivity index (χ3n) is 4.08. The average Bonchev–Trinajstić information content (AvgIpc) is 2.42. The van der Waals surface area contributed by atoms with Gasteiger partial charge >= 0.3 is 0 Å². The molecular weight excluding hydrogens is 250 g/mol. The number of rotatable bonds is 5. The topological polar surface area (TPSA) is 37.4 Å². The third-order valence-corrected chi connectivity index (χ3v) is 4.08. The highest BCUT2D eigenvalue weighted by Crippen LogP contribution is 2.37. The number of unbranched alkanes of at least 4 members (excludes halogenated alkanes) is 1. The van der Waals surface area contributed by atoms with Gasteiger partial charge in [-0.25, -0.2) is 0 Å². The van der Waals surface area contributed by atoms with Gasteiger partial charge in [0.05, 0.1) is 6.54 Å². The van der Waals surface area contributed by atoms with Crippen molar-refractivity contribution in [3.05, 3.63) is 35.9 Å². The molecule has 3 nitrogen and oxygen atoms in total. The van der Waals surface area contributed by atoms with Gasteiger partial charge in [-0.15, -0.1) is 0 Å². The molecule has 2 amide bonds. The zero-order chi connectivity index (χ0) is 14.6. The summed E-state index contributed by atoms with van der Waals surface area (Å²) in [6.45, 7) is 4.61. The second kappa shape index (κ2) is 6.21. The van der Waals surface area contributed by atoms with Crippen LogP contribution in [0.2, 0.25) is 0 Å². The minimum atomic E-state index is -0.142. The molecule has 3 heteroatoms. The van der Waals surface area contributed by atoms with Crippen LogP contribution in [0.4, 0.5) is 0 Å². The lowest BCUT2D eigenvalue weighted by atomic mass is 9.75. The van der Waals surface area contributed by atoms with E-state index in [1.807, 2.05) is 30.3 Å². The van der Waals surface area contributed by atoms with Crippen LogP contribution in [-0.2, 0) is 16.1 Å². The fourth-order valence-electron chi connectivity index (χ4n) is 2.85. The van der Waals surface area contributed by atoms with Crippen LogP contribution in [0, 0.1) is 5.41 Å². The van der Waals surface area contributed by atoms with Crippen LogP contribution in [0.5, 0.6) is 0 Å². The highest BCUT2D eigenvalue weighted by Gasteiger charge is 2.39. The molecule has 1 aromatic rings.